The number of hydrogen-bond acceptors (Lipinski definition) is 5. The second kappa shape index (κ2) is 6.03. The number of nitrogens with zero attached hydrogens (tertiary/aromatic N) is 2. The fourth-order valence-electron chi connectivity index (χ4n) is 2.93. The zero-order valence-corrected chi connectivity index (χ0v) is 11.9. The average Bonchev–Trinajstić information content (AvgIpc) is 2.48. The highest BCUT2D eigenvalue weighted by Crippen LogP contribution is 2.19. The monoisotopic (exact) mass is 278 g/mol. The van der Waals surface area contributed by atoms with Crippen LogP contribution in [0.5, 0.6) is 0 Å². The molecule has 1 saturated heterocycles. The average molecular weight is 278 g/mol. The molecule has 2 aliphatic heterocycles. The molecule has 1 aromatic heterocycles. The molecule has 0 saturated carbocycles. The van der Waals surface area contributed by atoms with Crippen LogP contribution in [0.4, 0.5) is 0 Å². The van der Waals surface area contributed by atoms with Crippen LogP contribution < -0.4 is 10.9 Å². The van der Waals surface area contributed by atoms with Gasteiger partial charge >= 0.3 is 0 Å². The maximum atomic E-state index is 12.1. The minimum absolute atomic E-state index is 0.00251. The van der Waals surface area contributed by atoms with Crippen molar-refractivity contribution in [2.24, 2.45) is 0 Å². The van der Waals surface area contributed by atoms with E-state index in [1.807, 2.05) is 0 Å². The Bertz CT molecular complexity index is 526. The molecule has 6 heteroatoms. The van der Waals surface area contributed by atoms with E-state index in [-0.39, 0.29) is 11.7 Å². The largest absolute Gasteiger partial charge is 0.368 e. The summed E-state index contributed by atoms with van der Waals surface area (Å²) in [5.41, 5.74) is 1.71. The minimum atomic E-state index is -0.116. The first-order valence-corrected chi connectivity index (χ1v) is 7.44. The van der Waals surface area contributed by atoms with Crippen molar-refractivity contribution in [3.8, 4) is 0 Å². The van der Waals surface area contributed by atoms with Gasteiger partial charge in [0.2, 0.25) is 0 Å². The predicted octanol–water partition coefficient (Wildman–Crippen LogP) is 0.199. The third-order valence-electron chi connectivity index (χ3n) is 3.96. The Balaban J connectivity index is 1.83. The lowest BCUT2D eigenvalue weighted by Gasteiger charge is -2.32. The Kier molecular flexibility index (Phi) is 4.14. The summed E-state index contributed by atoms with van der Waals surface area (Å²) >= 11 is 0. The zero-order chi connectivity index (χ0) is 13.9. The van der Waals surface area contributed by atoms with Gasteiger partial charge in [-0.1, -0.05) is 6.92 Å². The molecule has 3 heterocycles. The van der Waals surface area contributed by atoms with Crippen molar-refractivity contribution in [3.63, 3.8) is 0 Å². The first kappa shape index (κ1) is 13.7. The van der Waals surface area contributed by atoms with Crippen LogP contribution in [-0.4, -0.2) is 47.7 Å². The topological polar surface area (TPSA) is 70.2 Å². The number of rotatable bonds is 3. The molecule has 1 unspecified atom stereocenters. The molecule has 0 aliphatic carbocycles. The third-order valence-corrected chi connectivity index (χ3v) is 3.96. The van der Waals surface area contributed by atoms with E-state index in [2.05, 4.69) is 27.1 Å². The van der Waals surface area contributed by atoms with Gasteiger partial charge in [0.25, 0.3) is 5.56 Å². The number of aromatic amines is 1. The van der Waals surface area contributed by atoms with Gasteiger partial charge in [-0.25, -0.2) is 4.98 Å². The number of ether oxygens (including phenoxy) is 1. The molecule has 20 heavy (non-hydrogen) atoms. The van der Waals surface area contributed by atoms with Gasteiger partial charge in [-0.3, -0.25) is 9.69 Å². The summed E-state index contributed by atoms with van der Waals surface area (Å²) < 4.78 is 5.79. The smallest absolute Gasteiger partial charge is 0.254 e. The van der Waals surface area contributed by atoms with E-state index in [1.165, 1.54) is 0 Å². The SMILES string of the molecule is CCCN1CCOC(c2nc3c(c(=O)[nH]2)CCNC3)C1. The first-order chi connectivity index (χ1) is 9.78. The molecule has 6 nitrogen and oxygen atoms in total. The molecule has 0 aromatic carbocycles. The Morgan fingerprint density at radius 2 is 2.40 bits per heavy atom. The normalized spacial score (nSPS) is 23.6. The maximum absolute atomic E-state index is 12.1. The van der Waals surface area contributed by atoms with Crippen molar-refractivity contribution in [3.05, 3.63) is 27.4 Å². The van der Waals surface area contributed by atoms with Crippen LogP contribution in [0.15, 0.2) is 4.79 Å². The Labute approximate surface area is 118 Å². The molecule has 1 fully saturated rings. The summed E-state index contributed by atoms with van der Waals surface area (Å²) in [4.78, 5) is 22.1. The quantitative estimate of drug-likeness (QED) is 0.826. The minimum Gasteiger partial charge on any atom is -0.368 e. The number of fused-ring (bicyclic) bond motifs is 1. The van der Waals surface area contributed by atoms with Gasteiger partial charge in [-0.15, -0.1) is 0 Å². The highest BCUT2D eigenvalue weighted by molar-refractivity contribution is 5.21. The van der Waals surface area contributed by atoms with Crippen LogP contribution in [0.25, 0.3) is 0 Å². The number of H-pyrrole nitrogens is 1. The van der Waals surface area contributed by atoms with Gasteiger partial charge in [-0.05, 0) is 25.9 Å². The van der Waals surface area contributed by atoms with E-state index in [9.17, 15) is 4.79 Å². The fraction of sp³-hybridized carbons (Fsp3) is 0.714. The van der Waals surface area contributed by atoms with Gasteiger partial charge in [0.1, 0.15) is 11.9 Å². The highest BCUT2D eigenvalue weighted by atomic mass is 16.5. The standard InChI is InChI=1S/C14H22N4O2/c1-2-5-18-6-7-20-12(9-18)13-16-11-8-15-4-3-10(11)14(19)17-13/h12,15H,2-9H2,1H3,(H,16,17,19). The van der Waals surface area contributed by atoms with Crippen LogP contribution in [0, 0.1) is 0 Å². The summed E-state index contributed by atoms with van der Waals surface area (Å²) in [6.45, 7) is 7.23. The number of nitrogens with one attached hydrogen (secondary N) is 2. The van der Waals surface area contributed by atoms with Crippen LogP contribution in [0.1, 0.15) is 36.5 Å². The molecule has 3 rings (SSSR count). The maximum Gasteiger partial charge on any atom is 0.254 e. The summed E-state index contributed by atoms with van der Waals surface area (Å²) in [5.74, 6) is 0.679. The second-order valence-electron chi connectivity index (χ2n) is 5.46. The van der Waals surface area contributed by atoms with Gasteiger partial charge in [0, 0.05) is 25.2 Å². The fourth-order valence-corrected chi connectivity index (χ4v) is 2.93. The first-order valence-electron chi connectivity index (χ1n) is 7.44. The second-order valence-corrected chi connectivity index (χ2v) is 5.46. The predicted molar refractivity (Wildman–Crippen MR) is 75.7 cm³/mol. The van der Waals surface area contributed by atoms with Gasteiger partial charge in [-0.2, -0.15) is 0 Å². The van der Waals surface area contributed by atoms with Crippen molar-refractivity contribution < 1.29 is 4.74 Å². The van der Waals surface area contributed by atoms with E-state index in [1.54, 1.807) is 0 Å². The van der Waals surface area contributed by atoms with Crippen LogP contribution in [0.2, 0.25) is 0 Å². The molecule has 0 bridgehead atoms. The van der Waals surface area contributed by atoms with Crippen molar-refractivity contribution in [1.29, 1.82) is 0 Å². The Morgan fingerprint density at radius 1 is 1.50 bits per heavy atom. The van der Waals surface area contributed by atoms with Crippen LogP contribution >= 0.6 is 0 Å². The van der Waals surface area contributed by atoms with Crippen LogP contribution in [0.3, 0.4) is 0 Å². The Morgan fingerprint density at radius 3 is 3.25 bits per heavy atom. The summed E-state index contributed by atoms with van der Waals surface area (Å²) in [6, 6.07) is 0. The van der Waals surface area contributed by atoms with Gasteiger partial charge < -0.3 is 15.0 Å². The van der Waals surface area contributed by atoms with Gasteiger partial charge in [0.15, 0.2) is 0 Å². The van der Waals surface area contributed by atoms with Crippen molar-refractivity contribution in [2.45, 2.75) is 32.4 Å². The summed E-state index contributed by atoms with van der Waals surface area (Å²) in [5, 5.41) is 3.26. The lowest BCUT2D eigenvalue weighted by Crippen LogP contribution is -2.40. The zero-order valence-electron chi connectivity index (χ0n) is 11.9. The van der Waals surface area contributed by atoms with Crippen molar-refractivity contribution >= 4 is 0 Å². The number of hydrogen-bond donors (Lipinski definition) is 2. The lowest BCUT2D eigenvalue weighted by molar-refractivity contribution is -0.0344. The Hall–Kier alpha value is -1.24. The van der Waals surface area contributed by atoms with Crippen molar-refractivity contribution in [2.75, 3.05) is 32.8 Å². The molecular weight excluding hydrogens is 256 g/mol. The molecular formula is C14H22N4O2. The van der Waals surface area contributed by atoms with E-state index in [4.69, 9.17) is 4.74 Å². The number of morpholine rings is 1. The molecule has 110 valence electrons. The summed E-state index contributed by atoms with van der Waals surface area (Å²) in [7, 11) is 0. The lowest BCUT2D eigenvalue weighted by atomic mass is 10.1. The van der Waals surface area contributed by atoms with Crippen LogP contribution in [-0.2, 0) is 17.7 Å². The molecule has 1 aromatic rings. The third kappa shape index (κ3) is 2.77. The molecule has 2 aliphatic rings. The highest BCUT2D eigenvalue weighted by Gasteiger charge is 2.25. The number of aromatic nitrogens is 2. The van der Waals surface area contributed by atoms with E-state index < -0.39 is 0 Å². The molecule has 0 amide bonds. The van der Waals surface area contributed by atoms with E-state index in [0.29, 0.717) is 19.0 Å². The summed E-state index contributed by atoms with van der Waals surface area (Å²) in [6.07, 6.45) is 1.77. The molecule has 1 atom stereocenters. The van der Waals surface area contributed by atoms with Crippen molar-refractivity contribution in [1.82, 2.24) is 20.2 Å². The molecule has 0 radical (unpaired) electrons. The molecule has 2 N–H and O–H groups in total. The molecule has 0 spiro atoms. The van der Waals surface area contributed by atoms with E-state index >= 15 is 0 Å². The van der Waals surface area contributed by atoms with E-state index in [0.717, 1.165) is 50.3 Å². The van der Waals surface area contributed by atoms with Gasteiger partial charge in [0.05, 0.1) is 12.3 Å².